The summed E-state index contributed by atoms with van der Waals surface area (Å²) >= 11 is 6.08. The first-order valence-corrected chi connectivity index (χ1v) is 6.41. The van der Waals surface area contributed by atoms with Crippen LogP contribution in [-0.2, 0) is 6.42 Å². The lowest BCUT2D eigenvalue weighted by atomic mass is 9.95. The van der Waals surface area contributed by atoms with Gasteiger partial charge in [-0.25, -0.2) is 0 Å². The Morgan fingerprint density at radius 3 is 2.88 bits per heavy atom. The van der Waals surface area contributed by atoms with Crippen LogP contribution in [0.1, 0.15) is 29.0 Å². The molecule has 1 aliphatic carbocycles. The molecule has 2 aromatic rings. The molecule has 1 heteroatoms. The summed E-state index contributed by atoms with van der Waals surface area (Å²) in [4.78, 5) is 0. The highest BCUT2D eigenvalue weighted by atomic mass is 35.5. The van der Waals surface area contributed by atoms with Crippen molar-refractivity contribution in [3.63, 3.8) is 0 Å². The highest BCUT2D eigenvalue weighted by Gasteiger charge is 2.23. The van der Waals surface area contributed by atoms with Gasteiger partial charge < -0.3 is 0 Å². The lowest BCUT2D eigenvalue weighted by Gasteiger charge is -2.11. The van der Waals surface area contributed by atoms with E-state index in [9.17, 15) is 0 Å². The van der Waals surface area contributed by atoms with Gasteiger partial charge in [0, 0.05) is 5.88 Å². The molecule has 0 aliphatic heterocycles. The average Bonchev–Trinajstić information content (AvgIpc) is 2.72. The first-order valence-electron chi connectivity index (χ1n) is 5.87. The van der Waals surface area contributed by atoms with Crippen molar-refractivity contribution in [3.05, 3.63) is 47.0 Å². The van der Waals surface area contributed by atoms with E-state index in [1.165, 1.54) is 40.3 Å². The molecule has 0 fully saturated rings. The fourth-order valence-electron chi connectivity index (χ4n) is 2.83. The lowest BCUT2D eigenvalue weighted by molar-refractivity contribution is 0.757. The van der Waals surface area contributed by atoms with E-state index in [0.717, 1.165) is 5.88 Å². The molecule has 0 radical (unpaired) electrons. The first-order chi connectivity index (χ1) is 7.79. The van der Waals surface area contributed by atoms with Gasteiger partial charge in [0.15, 0.2) is 0 Å². The predicted molar refractivity (Wildman–Crippen MR) is 70.5 cm³/mol. The third kappa shape index (κ3) is 1.44. The molecule has 0 bridgehead atoms. The zero-order valence-corrected chi connectivity index (χ0v) is 10.2. The summed E-state index contributed by atoms with van der Waals surface area (Å²) in [5, 5.41) is 2.77. The number of alkyl halides is 1. The van der Waals surface area contributed by atoms with Gasteiger partial charge in [0.25, 0.3) is 0 Å². The largest absolute Gasteiger partial charge is 0.126 e. The van der Waals surface area contributed by atoms with E-state index in [4.69, 9.17) is 11.6 Å². The Hall–Kier alpha value is -1.01. The van der Waals surface area contributed by atoms with Crippen LogP contribution in [0.2, 0.25) is 0 Å². The highest BCUT2D eigenvalue weighted by molar-refractivity contribution is 6.18. The third-order valence-electron chi connectivity index (χ3n) is 3.67. The number of benzene rings is 2. The fourth-order valence-corrected chi connectivity index (χ4v) is 3.14. The zero-order valence-electron chi connectivity index (χ0n) is 9.46. The van der Waals surface area contributed by atoms with Crippen LogP contribution in [-0.4, -0.2) is 5.88 Å². The van der Waals surface area contributed by atoms with E-state index in [1.807, 2.05) is 0 Å². The third-order valence-corrected chi connectivity index (χ3v) is 4.04. The van der Waals surface area contributed by atoms with Gasteiger partial charge in [0.2, 0.25) is 0 Å². The molecule has 0 saturated carbocycles. The molecular formula is C15H15Cl. The molecular weight excluding hydrogens is 216 g/mol. The second-order valence-electron chi connectivity index (χ2n) is 4.75. The first kappa shape index (κ1) is 10.2. The van der Waals surface area contributed by atoms with Gasteiger partial charge >= 0.3 is 0 Å². The van der Waals surface area contributed by atoms with Gasteiger partial charge in [-0.2, -0.15) is 0 Å². The van der Waals surface area contributed by atoms with Gasteiger partial charge in [-0.15, -0.1) is 11.6 Å². The van der Waals surface area contributed by atoms with Crippen LogP contribution in [0.4, 0.5) is 0 Å². The van der Waals surface area contributed by atoms with Crippen LogP contribution in [0.5, 0.6) is 0 Å². The van der Waals surface area contributed by atoms with Crippen LogP contribution >= 0.6 is 11.6 Å². The van der Waals surface area contributed by atoms with Crippen molar-refractivity contribution in [2.45, 2.75) is 25.7 Å². The highest BCUT2D eigenvalue weighted by Crippen LogP contribution is 2.39. The van der Waals surface area contributed by atoms with E-state index >= 15 is 0 Å². The summed E-state index contributed by atoms with van der Waals surface area (Å²) in [6, 6.07) is 11.2. The molecule has 0 N–H and O–H groups in total. The summed E-state index contributed by atoms with van der Waals surface area (Å²) in [5.74, 6) is 1.31. The molecule has 82 valence electrons. The normalized spacial score (nSPS) is 19.0. The van der Waals surface area contributed by atoms with Gasteiger partial charge in [-0.05, 0) is 47.6 Å². The second kappa shape index (κ2) is 3.78. The number of hydrogen-bond acceptors (Lipinski definition) is 0. The maximum atomic E-state index is 6.08. The zero-order chi connectivity index (χ0) is 11.1. The fraction of sp³-hybridized carbons (Fsp3) is 0.333. The molecule has 0 aromatic heterocycles. The van der Waals surface area contributed by atoms with Gasteiger partial charge in [-0.3, -0.25) is 0 Å². The number of hydrogen-bond donors (Lipinski definition) is 0. The smallest absolute Gasteiger partial charge is 0.0292 e. The molecule has 0 amide bonds. The molecule has 2 aromatic carbocycles. The molecule has 1 aliphatic rings. The predicted octanol–water partition coefficient (Wildman–Crippen LogP) is 4.42. The molecule has 1 atom stereocenters. The molecule has 0 nitrogen and oxygen atoms in total. The van der Waals surface area contributed by atoms with Crippen molar-refractivity contribution in [1.29, 1.82) is 0 Å². The Kier molecular flexibility index (Phi) is 2.40. The van der Waals surface area contributed by atoms with Crippen LogP contribution < -0.4 is 0 Å². The van der Waals surface area contributed by atoms with Gasteiger partial charge in [0.1, 0.15) is 0 Å². The van der Waals surface area contributed by atoms with E-state index < -0.39 is 0 Å². The standard InChI is InChI=1S/C15H15Cl/c1-10-2-3-11-4-5-12-6-7-13(9-16)15(12)14(11)8-10/h2-5,8,13H,6-7,9H2,1H3. The van der Waals surface area contributed by atoms with Crippen molar-refractivity contribution in [3.8, 4) is 0 Å². The molecule has 16 heavy (non-hydrogen) atoms. The lowest BCUT2D eigenvalue weighted by Crippen LogP contribution is -1.96. The minimum absolute atomic E-state index is 0.558. The number of rotatable bonds is 1. The minimum atomic E-state index is 0.558. The van der Waals surface area contributed by atoms with E-state index in [1.54, 1.807) is 0 Å². The summed E-state index contributed by atoms with van der Waals surface area (Å²) in [7, 11) is 0. The van der Waals surface area contributed by atoms with Crippen molar-refractivity contribution in [1.82, 2.24) is 0 Å². The van der Waals surface area contributed by atoms with Gasteiger partial charge in [-0.1, -0.05) is 35.9 Å². The molecule has 0 heterocycles. The van der Waals surface area contributed by atoms with Crippen LogP contribution in [0.25, 0.3) is 10.8 Å². The maximum absolute atomic E-state index is 6.08. The van der Waals surface area contributed by atoms with Crippen LogP contribution in [0.15, 0.2) is 30.3 Å². The Morgan fingerprint density at radius 1 is 1.25 bits per heavy atom. The maximum Gasteiger partial charge on any atom is 0.0292 e. The summed E-state index contributed by atoms with van der Waals surface area (Å²) in [5.41, 5.74) is 4.35. The van der Waals surface area contributed by atoms with Crippen molar-refractivity contribution in [2.24, 2.45) is 0 Å². The number of fused-ring (bicyclic) bond motifs is 3. The number of halogens is 1. The Balaban J connectivity index is 2.33. The average molecular weight is 231 g/mol. The van der Waals surface area contributed by atoms with Crippen molar-refractivity contribution in [2.75, 3.05) is 5.88 Å². The monoisotopic (exact) mass is 230 g/mol. The Morgan fingerprint density at radius 2 is 2.06 bits per heavy atom. The van der Waals surface area contributed by atoms with Crippen LogP contribution in [0, 0.1) is 6.92 Å². The summed E-state index contributed by atoms with van der Waals surface area (Å²) in [6.45, 7) is 2.16. The van der Waals surface area contributed by atoms with Gasteiger partial charge in [0.05, 0.1) is 0 Å². The summed E-state index contributed by atoms with van der Waals surface area (Å²) < 4.78 is 0. The quantitative estimate of drug-likeness (QED) is 0.637. The van der Waals surface area contributed by atoms with Crippen molar-refractivity contribution >= 4 is 22.4 Å². The van der Waals surface area contributed by atoms with Crippen molar-refractivity contribution < 1.29 is 0 Å². The molecule has 0 spiro atoms. The second-order valence-corrected chi connectivity index (χ2v) is 5.06. The Bertz CT molecular complexity index is 542. The minimum Gasteiger partial charge on any atom is -0.126 e. The SMILES string of the molecule is Cc1ccc2ccc3c(c2c1)C(CCl)CC3. The molecule has 0 saturated heterocycles. The Labute approximate surface area is 101 Å². The van der Waals surface area contributed by atoms with Crippen LogP contribution in [0.3, 0.4) is 0 Å². The number of aryl methyl sites for hydroxylation is 2. The molecule has 1 unspecified atom stereocenters. The molecule has 3 rings (SSSR count). The van der Waals surface area contributed by atoms with E-state index in [0.29, 0.717) is 5.92 Å². The van der Waals surface area contributed by atoms with E-state index in [-0.39, 0.29) is 0 Å². The topological polar surface area (TPSA) is 0 Å². The summed E-state index contributed by atoms with van der Waals surface area (Å²) in [6.07, 6.45) is 2.41. The van der Waals surface area contributed by atoms with E-state index in [2.05, 4.69) is 37.3 Å².